The van der Waals surface area contributed by atoms with Gasteiger partial charge in [-0.3, -0.25) is 4.79 Å². The van der Waals surface area contributed by atoms with Crippen LogP contribution < -0.4 is 10.1 Å². The third kappa shape index (κ3) is 4.40. The molecule has 3 heteroatoms. The Morgan fingerprint density at radius 2 is 1.94 bits per heavy atom. The molecule has 0 aliphatic heterocycles. The SMILES string of the molecule is CCC(C)(C)NC(=O)COc1ccc(C)c(C)c1. The Labute approximate surface area is 110 Å². The summed E-state index contributed by atoms with van der Waals surface area (Å²) in [6.07, 6.45) is 0.891. The largest absolute Gasteiger partial charge is 0.484 e. The molecular formula is C15H23NO2. The maximum Gasteiger partial charge on any atom is 0.258 e. The fraction of sp³-hybridized carbons (Fsp3) is 0.533. The van der Waals surface area contributed by atoms with Gasteiger partial charge >= 0.3 is 0 Å². The number of hydrogen-bond acceptors (Lipinski definition) is 2. The van der Waals surface area contributed by atoms with Crippen LogP contribution in [-0.2, 0) is 4.79 Å². The molecule has 0 saturated heterocycles. The summed E-state index contributed by atoms with van der Waals surface area (Å²) in [5, 5.41) is 2.94. The summed E-state index contributed by atoms with van der Waals surface area (Å²) < 4.78 is 5.48. The molecule has 0 spiro atoms. The molecule has 1 aromatic rings. The molecule has 18 heavy (non-hydrogen) atoms. The zero-order chi connectivity index (χ0) is 13.8. The molecule has 0 unspecified atom stereocenters. The fourth-order valence-corrected chi connectivity index (χ4v) is 1.45. The van der Waals surface area contributed by atoms with Gasteiger partial charge in [0.15, 0.2) is 6.61 Å². The predicted octanol–water partition coefficient (Wildman–Crippen LogP) is 2.99. The minimum Gasteiger partial charge on any atom is -0.484 e. The number of aryl methyl sites for hydroxylation is 2. The van der Waals surface area contributed by atoms with E-state index in [0.717, 1.165) is 12.2 Å². The standard InChI is InChI=1S/C15H23NO2/c1-6-15(4,5)16-14(17)10-18-13-8-7-11(2)12(3)9-13/h7-9H,6,10H2,1-5H3,(H,16,17). The second-order valence-corrected chi connectivity index (χ2v) is 5.32. The quantitative estimate of drug-likeness (QED) is 0.871. The van der Waals surface area contributed by atoms with E-state index >= 15 is 0 Å². The number of nitrogens with one attached hydrogen (secondary N) is 1. The molecule has 1 aromatic carbocycles. The van der Waals surface area contributed by atoms with Crippen molar-refractivity contribution in [2.45, 2.75) is 46.6 Å². The van der Waals surface area contributed by atoms with Crippen molar-refractivity contribution in [3.63, 3.8) is 0 Å². The summed E-state index contributed by atoms with van der Waals surface area (Å²) in [5.74, 6) is 0.655. The van der Waals surface area contributed by atoms with Crippen molar-refractivity contribution in [1.29, 1.82) is 0 Å². The molecule has 0 fully saturated rings. The number of amides is 1. The molecule has 3 nitrogen and oxygen atoms in total. The van der Waals surface area contributed by atoms with Crippen LogP contribution in [0.3, 0.4) is 0 Å². The zero-order valence-electron chi connectivity index (χ0n) is 12.0. The summed E-state index contributed by atoms with van der Waals surface area (Å²) >= 11 is 0. The fourth-order valence-electron chi connectivity index (χ4n) is 1.45. The molecule has 0 aliphatic carbocycles. The van der Waals surface area contributed by atoms with Gasteiger partial charge in [-0.25, -0.2) is 0 Å². The van der Waals surface area contributed by atoms with E-state index in [1.807, 2.05) is 45.9 Å². The van der Waals surface area contributed by atoms with Gasteiger partial charge in [-0.2, -0.15) is 0 Å². The van der Waals surface area contributed by atoms with Crippen molar-refractivity contribution in [2.75, 3.05) is 6.61 Å². The van der Waals surface area contributed by atoms with E-state index in [4.69, 9.17) is 4.74 Å². The van der Waals surface area contributed by atoms with E-state index in [1.54, 1.807) is 0 Å². The highest BCUT2D eigenvalue weighted by Crippen LogP contribution is 2.16. The van der Waals surface area contributed by atoms with E-state index in [1.165, 1.54) is 11.1 Å². The van der Waals surface area contributed by atoms with Gasteiger partial charge in [0.05, 0.1) is 0 Å². The molecular weight excluding hydrogens is 226 g/mol. The van der Waals surface area contributed by atoms with Crippen LogP contribution in [0.5, 0.6) is 5.75 Å². The average molecular weight is 249 g/mol. The van der Waals surface area contributed by atoms with E-state index in [0.29, 0.717) is 0 Å². The van der Waals surface area contributed by atoms with Gasteiger partial charge in [-0.1, -0.05) is 13.0 Å². The number of rotatable bonds is 5. The van der Waals surface area contributed by atoms with Crippen LogP contribution in [0.1, 0.15) is 38.3 Å². The summed E-state index contributed by atoms with van der Waals surface area (Å²) in [6.45, 7) is 10.2. The maximum absolute atomic E-state index is 11.7. The lowest BCUT2D eigenvalue weighted by Crippen LogP contribution is -2.44. The number of carbonyl (C=O) groups is 1. The molecule has 1 rings (SSSR count). The lowest BCUT2D eigenvalue weighted by molar-refractivity contribution is -0.124. The smallest absolute Gasteiger partial charge is 0.258 e. The van der Waals surface area contributed by atoms with Crippen LogP contribution in [-0.4, -0.2) is 18.1 Å². The molecule has 0 heterocycles. The highest BCUT2D eigenvalue weighted by Gasteiger charge is 2.17. The van der Waals surface area contributed by atoms with Crippen molar-refractivity contribution in [2.24, 2.45) is 0 Å². The topological polar surface area (TPSA) is 38.3 Å². The van der Waals surface area contributed by atoms with Gasteiger partial charge in [0.1, 0.15) is 5.75 Å². The van der Waals surface area contributed by atoms with Crippen LogP contribution in [0, 0.1) is 13.8 Å². The van der Waals surface area contributed by atoms with Crippen molar-refractivity contribution in [3.8, 4) is 5.75 Å². The monoisotopic (exact) mass is 249 g/mol. The minimum atomic E-state index is -0.177. The average Bonchev–Trinajstić information content (AvgIpc) is 2.30. The number of carbonyl (C=O) groups excluding carboxylic acids is 1. The van der Waals surface area contributed by atoms with E-state index < -0.39 is 0 Å². The molecule has 1 amide bonds. The van der Waals surface area contributed by atoms with Crippen molar-refractivity contribution in [1.82, 2.24) is 5.32 Å². The van der Waals surface area contributed by atoms with E-state index in [2.05, 4.69) is 12.2 Å². The third-order valence-electron chi connectivity index (χ3n) is 3.21. The summed E-state index contributed by atoms with van der Waals surface area (Å²) in [5.41, 5.74) is 2.21. The highest BCUT2D eigenvalue weighted by molar-refractivity contribution is 5.78. The van der Waals surface area contributed by atoms with Crippen LogP contribution in [0.2, 0.25) is 0 Å². The second-order valence-electron chi connectivity index (χ2n) is 5.32. The summed E-state index contributed by atoms with van der Waals surface area (Å²) in [4.78, 5) is 11.7. The normalized spacial score (nSPS) is 11.2. The Kier molecular flexibility index (Phi) is 4.76. The van der Waals surface area contributed by atoms with Gasteiger partial charge in [-0.15, -0.1) is 0 Å². The van der Waals surface area contributed by atoms with Crippen LogP contribution in [0.25, 0.3) is 0 Å². The molecule has 1 N–H and O–H groups in total. The van der Waals surface area contributed by atoms with Crippen LogP contribution >= 0.6 is 0 Å². The Balaban J connectivity index is 2.50. The van der Waals surface area contributed by atoms with Crippen LogP contribution in [0.15, 0.2) is 18.2 Å². The van der Waals surface area contributed by atoms with Crippen molar-refractivity contribution in [3.05, 3.63) is 29.3 Å². The number of benzene rings is 1. The predicted molar refractivity (Wildman–Crippen MR) is 73.9 cm³/mol. The Morgan fingerprint density at radius 3 is 2.50 bits per heavy atom. The Hall–Kier alpha value is -1.51. The first-order valence-corrected chi connectivity index (χ1v) is 6.35. The lowest BCUT2D eigenvalue weighted by atomic mass is 10.0. The van der Waals surface area contributed by atoms with Gasteiger partial charge < -0.3 is 10.1 Å². The molecule has 100 valence electrons. The number of hydrogen-bond donors (Lipinski definition) is 1. The van der Waals surface area contributed by atoms with Gasteiger partial charge in [0, 0.05) is 5.54 Å². The molecule has 0 radical (unpaired) electrons. The third-order valence-corrected chi connectivity index (χ3v) is 3.21. The van der Waals surface area contributed by atoms with E-state index in [9.17, 15) is 4.79 Å². The Bertz CT molecular complexity index is 425. The highest BCUT2D eigenvalue weighted by atomic mass is 16.5. The molecule has 0 bridgehead atoms. The van der Waals surface area contributed by atoms with Crippen LogP contribution in [0.4, 0.5) is 0 Å². The van der Waals surface area contributed by atoms with Gasteiger partial charge in [0.2, 0.25) is 0 Å². The van der Waals surface area contributed by atoms with Gasteiger partial charge in [0.25, 0.3) is 5.91 Å². The lowest BCUT2D eigenvalue weighted by Gasteiger charge is -2.24. The zero-order valence-corrected chi connectivity index (χ0v) is 12.0. The van der Waals surface area contributed by atoms with Gasteiger partial charge in [-0.05, 0) is 57.4 Å². The molecule has 0 atom stereocenters. The first-order chi connectivity index (χ1) is 8.34. The summed E-state index contributed by atoms with van der Waals surface area (Å²) in [6, 6.07) is 5.84. The Morgan fingerprint density at radius 1 is 1.28 bits per heavy atom. The second kappa shape index (κ2) is 5.89. The summed E-state index contributed by atoms with van der Waals surface area (Å²) in [7, 11) is 0. The number of ether oxygens (including phenoxy) is 1. The first-order valence-electron chi connectivity index (χ1n) is 6.35. The minimum absolute atomic E-state index is 0.0614. The molecule has 0 aliphatic rings. The molecule has 0 aromatic heterocycles. The van der Waals surface area contributed by atoms with Crippen molar-refractivity contribution < 1.29 is 9.53 Å². The molecule has 0 saturated carbocycles. The first kappa shape index (κ1) is 14.6. The van der Waals surface area contributed by atoms with E-state index in [-0.39, 0.29) is 18.1 Å². The van der Waals surface area contributed by atoms with Crippen molar-refractivity contribution >= 4 is 5.91 Å². The maximum atomic E-state index is 11.7.